The Balaban J connectivity index is 2.16. The third kappa shape index (κ3) is 3.15. The molecule has 0 unspecified atom stereocenters. The van der Waals surface area contributed by atoms with Crippen LogP contribution in [-0.4, -0.2) is 27.3 Å². The molecular weight excluding hydrogens is 249 g/mol. The van der Waals surface area contributed by atoms with Gasteiger partial charge >= 0.3 is 5.97 Å². The number of ether oxygens (including phenoxy) is 1. The van der Waals surface area contributed by atoms with Gasteiger partial charge in [-0.05, 0) is 25.5 Å². The lowest BCUT2D eigenvalue weighted by molar-refractivity contribution is 0.0525. The smallest absolute Gasteiger partial charge is 0.341 e. The summed E-state index contributed by atoms with van der Waals surface area (Å²) < 4.78 is 19.2. The second-order valence-corrected chi connectivity index (χ2v) is 4.04. The lowest BCUT2D eigenvalue weighted by Gasteiger charge is -2.00. The van der Waals surface area contributed by atoms with E-state index in [2.05, 4.69) is 10.1 Å². The Morgan fingerprint density at radius 2 is 2.26 bits per heavy atom. The monoisotopic (exact) mass is 263 g/mol. The van der Waals surface area contributed by atoms with Crippen molar-refractivity contribution in [2.45, 2.75) is 20.4 Å². The van der Waals surface area contributed by atoms with Crippen LogP contribution < -0.4 is 0 Å². The highest BCUT2D eigenvalue weighted by atomic mass is 19.1. The van der Waals surface area contributed by atoms with Gasteiger partial charge in [-0.1, -0.05) is 6.07 Å². The summed E-state index contributed by atoms with van der Waals surface area (Å²) in [6, 6.07) is 2.92. The minimum atomic E-state index is -0.521. The molecule has 0 aliphatic carbocycles. The van der Waals surface area contributed by atoms with E-state index in [1.807, 2.05) is 0 Å². The van der Waals surface area contributed by atoms with Crippen LogP contribution in [0.2, 0.25) is 0 Å². The van der Waals surface area contributed by atoms with Gasteiger partial charge in [0.25, 0.3) is 0 Å². The van der Waals surface area contributed by atoms with Crippen molar-refractivity contribution in [2.75, 3.05) is 6.61 Å². The Bertz CT molecular complexity index is 578. The highest BCUT2D eigenvalue weighted by Crippen LogP contribution is 2.09. The Morgan fingerprint density at radius 3 is 2.89 bits per heavy atom. The number of halogens is 1. The standard InChI is InChI=1S/C13H14FN3O2/c1-3-19-13(18)11-8-17(16-9(11)2)7-10-4-5-12(14)15-6-10/h4-6,8H,3,7H2,1-2H3. The van der Waals surface area contributed by atoms with E-state index in [4.69, 9.17) is 4.74 Å². The van der Waals surface area contributed by atoms with Crippen molar-refractivity contribution >= 4 is 5.97 Å². The maximum Gasteiger partial charge on any atom is 0.341 e. The van der Waals surface area contributed by atoms with E-state index in [0.29, 0.717) is 24.4 Å². The van der Waals surface area contributed by atoms with Crippen molar-refractivity contribution in [1.29, 1.82) is 0 Å². The summed E-state index contributed by atoms with van der Waals surface area (Å²) in [5, 5.41) is 4.23. The molecule has 0 amide bonds. The van der Waals surface area contributed by atoms with Gasteiger partial charge in [-0.25, -0.2) is 9.78 Å². The van der Waals surface area contributed by atoms with E-state index >= 15 is 0 Å². The molecule has 2 aromatic heterocycles. The number of esters is 1. The predicted molar refractivity (Wildman–Crippen MR) is 66.2 cm³/mol. The van der Waals surface area contributed by atoms with Crippen molar-refractivity contribution < 1.29 is 13.9 Å². The summed E-state index contributed by atoms with van der Waals surface area (Å²) in [5.74, 6) is -0.906. The summed E-state index contributed by atoms with van der Waals surface area (Å²) in [7, 11) is 0. The molecule has 19 heavy (non-hydrogen) atoms. The van der Waals surface area contributed by atoms with E-state index in [1.165, 1.54) is 12.3 Å². The molecule has 0 fully saturated rings. The highest BCUT2D eigenvalue weighted by Gasteiger charge is 2.14. The SMILES string of the molecule is CCOC(=O)c1cn(Cc2ccc(F)nc2)nc1C. The number of hydrogen-bond acceptors (Lipinski definition) is 4. The first-order valence-electron chi connectivity index (χ1n) is 5.91. The summed E-state index contributed by atoms with van der Waals surface area (Å²) in [4.78, 5) is 15.2. The number of carbonyl (C=O) groups is 1. The number of aromatic nitrogens is 3. The van der Waals surface area contributed by atoms with Crippen LogP contribution in [0, 0.1) is 12.9 Å². The minimum absolute atomic E-state index is 0.325. The molecule has 0 bridgehead atoms. The Hall–Kier alpha value is -2.24. The fraction of sp³-hybridized carbons (Fsp3) is 0.308. The zero-order chi connectivity index (χ0) is 13.8. The number of nitrogens with zero attached hydrogens (tertiary/aromatic N) is 3. The van der Waals surface area contributed by atoms with Gasteiger partial charge in [-0.3, -0.25) is 4.68 Å². The van der Waals surface area contributed by atoms with E-state index in [0.717, 1.165) is 5.56 Å². The fourth-order valence-corrected chi connectivity index (χ4v) is 1.70. The second-order valence-electron chi connectivity index (χ2n) is 4.04. The number of aryl methyl sites for hydroxylation is 1. The molecule has 2 rings (SSSR count). The maximum atomic E-state index is 12.7. The molecule has 0 aliphatic rings. The van der Waals surface area contributed by atoms with Crippen molar-refractivity contribution in [3.63, 3.8) is 0 Å². The molecule has 6 heteroatoms. The van der Waals surface area contributed by atoms with Crippen molar-refractivity contribution in [2.24, 2.45) is 0 Å². The van der Waals surface area contributed by atoms with Crippen LogP contribution in [0.25, 0.3) is 0 Å². The summed E-state index contributed by atoms with van der Waals surface area (Å²) in [6.07, 6.45) is 3.06. The zero-order valence-corrected chi connectivity index (χ0v) is 10.8. The van der Waals surface area contributed by atoms with Gasteiger partial charge in [-0.15, -0.1) is 0 Å². The molecule has 2 aromatic rings. The number of pyridine rings is 1. The molecule has 100 valence electrons. The van der Waals surface area contributed by atoms with Gasteiger partial charge in [0.1, 0.15) is 5.56 Å². The molecule has 0 atom stereocenters. The first-order valence-corrected chi connectivity index (χ1v) is 5.91. The van der Waals surface area contributed by atoms with Gasteiger partial charge in [0.2, 0.25) is 5.95 Å². The van der Waals surface area contributed by atoms with Crippen LogP contribution in [0.4, 0.5) is 4.39 Å². The molecule has 0 saturated carbocycles. The Labute approximate surface area is 110 Å². The maximum absolute atomic E-state index is 12.7. The molecule has 0 aromatic carbocycles. The average Bonchev–Trinajstić information content (AvgIpc) is 2.74. The lowest BCUT2D eigenvalue weighted by atomic mass is 10.2. The van der Waals surface area contributed by atoms with Gasteiger partial charge in [0.05, 0.1) is 18.8 Å². The van der Waals surface area contributed by atoms with Crippen molar-refractivity contribution in [3.8, 4) is 0 Å². The van der Waals surface area contributed by atoms with Crippen LogP contribution in [0.1, 0.15) is 28.5 Å². The molecule has 0 saturated heterocycles. The predicted octanol–water partition coefficient (Wildman–Crippen LogP) is 1.95. The number of hydrogen-bond donors (Lipinski definition) is 0. The Kier molecular flexibility index (Phi) is 3.89. The first-order chi connectivity index (χ1) is 9.10. The molecular formula is C13H14FN3O2. The molecule has 0 radical (unpaired) electrons. The first kappa shape index (κ1) is 13.2. The van der Waals surface area contributed by atoms with E-state index < -0.39 is 5.95 Å². The normalized spacial score (nSPS) is 10.5. The van der Waals surface area contributed by atoms with Gasteiger partial charge in [0.15, 0.2) is 0 Å². The van der Waals surface area contributed by atoms with Crippen LogP contribution in [-0.2, 0) is 11.3 Å². The van der Waals surface area contributed by atoms with Crippen molar-refractivity contribution in [1.82, 2.24) is 14.8 Å². The summed E-state index contributed by atoms with van der Waals surface area (Å²) in [5.41, 5.74) is 1.85. The second kappa shape index (κ2) is 5.60. The largest absolute Gasteiger partial charge is 0.462 e. The Morgan fingerprint density at radius 1 is 1.47 bits per heavy atom. The molecule has 2 heterocycles. The third-order valence-corrected chi connectivity index (χ3v) is 2.57. The average molecular weight is 263 g/mol. The minimum Gasteiger partial charge on any atom is -0.462 e. The van der Waals surface area contributed by atoms with Crippen LogP contribution in [0.5, 0.6) is 0 Å². The fourth-order valence-electron chi connectivity index (χ4n) is 1.70. The quantitative estimate of drug-likeness (QED) is 0.625. The summed E-state index contributed by atoms with van der Waals surface area (Å²) in [6.45, 7) is 4.24. The summed E-state index contributed by atoms with van der Waals surface area (Å²) >= 11 is 0. The van der Waals surface area contributed by atoms with Crippen LogP contribution >= 0.6 is 0 Å². The third-order valence-electron chi connectivity index (χ3n) is 2.57. The van der Waals surface area contributed by atoms with Gasteiger partial charge in [0, 0.05) is 12.4 Å². The van der Waals surface area contributed by atoms with Crippen LogP contribution in [0.15, 0.2) is 24.5 Å². The van der Waals surface area contributed by atoms with Crippen LogP contribution in [0.3, 0.4) is 0 Å². The van der Waals surface area contributed by atoms with Crippen molar-refractivity contribution in [3.05, 3.63) is 47.3 Å². The topological polar surface area (TPSA) is 57.0 Å². The molecule has 0 spiro atoms. The molecule has 0 N–H and O–H groups in total. The highest BCUT2D eigenvalue weighted by molar-refractivity contribution is 5.90. The van der Waals surface area contributed by atoms with E-state index in [-0.39, 0.29) is 5.97 Å². The van der Waals surface area contributed by atoms with E-state index in [9.17, 15) is 9.18 Å². The number of carbonyl (C=O) groups excluding carboxylic acids is 1. The molecule has 5 nitrogen and oxygen atoms in total. The van der Waals surface area contributed by atoms with Gasteiger partial charge < -0.3 is 4.74 Å². The van der Waals surface area contributed by atoms with Gasteiger partial charge in [-0.2, -0.15) is 9.49 Å². The lowest BCUT2D eigenvalue weighted by Crippen LogP contribution is -2.05. The molecule has 0 aliphatic heterocycles. The zero-order valence-electron chi connectivity index (χ0n) is 10.8. The number of rotatable bonds is 4. The van der Waals surface area contributed by atoms with E-state index in [1.54, 1.807) is 30.8 Å².